The molecule has 0 aromatic rings. The van der Waals surface area contributed by atoms with Crippen molar-refractivity contribution in [3.05, 3.63) is 0 Å². The van der Waals surface area contributed by atoms with Gasteiger partial charge in [0, 0.05) is 0 Å². The molecule has 0 amide bonds. The van der Waals surface area contributed by atoms with Crippen LogP contribution in [0, 0.1) is 0 Å². The second kappa shape index (κ2) is 7.83. The molecule has 0 rings (SSSR count). The van der Waals surface area contributed by atoms with E-state index in [1.54, 1.807) is 0 Å². The molecular weight excluding hydrogens is 255 g/mol. The maximum atomic E-state index is 11.2. The van der Waals surface area contributed by atoms with Crippen molar-refractivity contribution in [1.82, 2.24) is 0 Å². The van der Waals surface area contributed by atoms with Crippen molar-refractivity contribution < 1.29 is 12.7 Å². The summed E-state index contributed by atoms with van der Waals surface area (Å²) >= 11 is -2.12. The zero-order valence-electron chi connectivity index (χ0n) is 11.8. The fraction of sp³-hybridized carbons (Fsp3) is 1.00. The minimum atomic E-state index is -2.43. The number of rotatable bonds is 10. The summed E-state index contributed by atoms with van der Waals surface area (Å²) in [6.07, 6.45) is 8.28. The Labute approximate surface area is 109 Å². The summed E-state index contributed by atoms with van der Waals surface area (Å²) < 4.78 is 26.1. The molecule has 0 aromatic heterocycles. The zero-order chi connectivity index (χ0) is 13.4. The van der Waals surface area contributed by atoms with E-state index in [0.717, 1.165) is 50.3 Å². The molecule has 1 unspecified atom stereocenters. The van der Waals surface area contributed by atoms with Crippen LogP contribution in [0.4, 0.5) is 0 Å². The average molecular weight is 284 g/mol. The zero-order valence-corrected chi connectivity index (χ0v) is 13.5. The molecule has 0 saturated carbocycles. The fourth-order valence-corrected chi connectivity index (χ4v) is 9.49. The first-order valence-corrected chi connectivity index (χ1v) is 10.7. The molecule has 1 atom stereocenters. The van der Waals surface area contributed by atoms with Gasteiger partial charge in [-0.05, 0) is 0 Å². The van der Waals surface area contributed by atoms with Crippen molar-refractivity contribution >= 4 is 18.2 Å². The first-order valence-electron chi connectivity index (χ1n) is 6.79. The second-order valence-corrected chi connectivity index (χ2v) is 11.8. The Balaban J connectivity index is 5.09. The molecule has 1 N–H and O–H groups in total. The first kappa shape index (κ1) is 17.5. The molecule has 5 heteroatoms. The van der Waals surface area contributed by atoms with Crippen LogP contribution in [0.5, 0.6) is 0 Å². The van der Waals surface area contributed by atoms with Crippen molar-refractivity contribution in [1.29, 1.82) is 0 Å². The van der Waals surface area contributed by atoms with E-state index in [1.165, 1.54) is 0 Å². The van der Waals surface area contributed by atoms with Crippen molar-refractivity contribution in [2.45, 2.75) is 53.4 Å². The quantitative estimate of drug-likeness (QED) is 0.482. The summed E-state index contributed by atoms with van der Waals surface area (Å²) in [5.74, 6) is 0. The van der Waals surface area contributed by atoms with E-state index < -0.39 is 18.2 Å². The van der Waals surface area contributed by atoms with Gasteiger partial charge in [0.15, 0.2) is 0 Å². The third kappa shape index (κ3) is 4.94. The van der Waals surface area contributed by atoms with Gasteiger partial charge in [-0.15, -0.1) is 0 Å². The van der Waals surface area contributed by atoms with Crippen LogP contribution in [0.1, 0.15) is 53.4 Å². The van der Waals surface area contributed by atoms with Crippen LogP contribution in [0.3, 0.4) is 0 Å². The van der Waals surface area contributed by atoms with Crippen molar-refractivity contribution in [2.24, 2.45) is 0 Å². The van der Waals surface area contributed by atoms with E-state index in [1.807, 2.05) is 0 Å². The van der Waals surface area contributed by atoms with Crippen molar-refractivity contribution in [3.8, 4) is 0 Å². The summed E-state index contributed by atoms with van der Waals surface area (Å²) in [4.78, 5) is 0. The molecule has 0 radical (unpaired) electrons. The summed E-state index contributed by atoms with van der Waals surface area (Å²) in [5.41, 5.74) is 0. The molecule has 0 aliphatic carbocycles. The Bertz CT molecular complexity index is 230. The fourth-order valence-electron chi connectivity index (χ4n) is 2.44. The van der Waals surface area contributed by atoms with Gasteiger partial charge in [0.05, 0.1) is 0 Å². The van der Waals surface area contributed by atoms with Crippen LogP contribution in [0.25, 0.3) is 0 Å². The van der Waals surface area contributed by atoms with E-state index in [2.05, 4.69) is 27.7 Å². The second-order valence-electron chi connectivity index (χ2n) is 4.94. The molecule has 0 aliphatic heterocycles. The van der Waals surface area contributed by atoms with Gasteiger partial charge in [-0.1, -0.05) is 0 Å². The topological polar surface area (TPSA) is 46.5 Å². The Kier molecular flexibility index (Phi) is 8.06. The molecule has 0 bridgehead atoms. The molecule has 0 aromatic carbocycles. The summed E-state index contributed by atoms with van der Waals surface area (Å²) in [6.45, 7) is 6.14. The van der Waals surface area contributed by atoms with E-state index in [0.29, 0.717) is 0 Å². The Morgan fingerprint density at radius 2 is 1.41 bits per heavy atom. The summed E-state index contributed by atoms with van der Waals surface area (Å²) in [6, 6.07) is 0. The van der Waals surface area contributed by atoms with Gasteiger partial charge in [-0.25, -0.2) is 0 Å². The van der Waals surface area contributed by atoms with Gasteiger partial charge in [0.25, 0.3) is 0 Å². The summed E-state index contributed by atoms with van der Waals surface area (Å²) in [7, 11) is 0. The Morgan fingerprint density at radius 1 is 1.00 bits per heavy atom. The number of unbranched alkanes of at least 4 members (excludes halogenated alkanes) is 2. The molecule has 3 nitrogen and oxygen atoms in total. The summed E-state index contributed by atoms with van der Waals surface area (Å²) in [5, 5.41) is 0. The van der Waals surface area contributed by atoms with Gasteiger partial charge < -0.3 is 0 Å². The Hall–Kier alpha value is 0.500. The van der Waals surface area contributed by atoms with Crippen LogP contribution < -0.4 is 0 Å². The molecule has 0 heterocycles. The molecular formula is C12H29O3PS. The van der Waals surface area contributed by atoms with Crippen molar-refractivity contribution in [2.75, 3.05) is 24.6 Å². The van der Waals surface area contributed by atoms with Crippen LogP contribution in [-0.4, -0.2) is 33.4 Å². The van der Waals surface area contributed by atoms with Gasteiger partial charge in [0.2, 0.25) is 0 Å². The monoisotopic (exact) mass is 284 g/mol. The molecule has 0 spiro atoms. The van der Waals surface area contributed by atoms with Gasteiger partial charge in [0.1, 0.15) is 0 Å². The van der Waals surface area contributed by atoms with Gasteiger partial charge in [-0.2, -0.15) is 0 Å². The molecule has 17 heavy (non-hydrogen) atoms. The van der Waals surface area contributed by atoms with Gasteiger partial charge >= 0.3 is 109 Å². The molecule has 0 saturated heterocycles. The first-order chi connectivity index (χ1) is 7.97. The van der Waals surface area contributed by atoms with Crippen LogP contribution >= 0.6 is 6.83 Å². The average Bonchev–Trinajstić information content (AvgIpc) is 2.33. The van der Waals surface area contributed by atoms with E-state index in [-0.39, 0.29) is 0 Å². The number of hydrogen-bond acceptors (Lipinski definition) is 2. The molecule has 106 valence electrons. The Morgan fingerprint density at radius 3 is 1.65 bits per heavy atom. The van der Waals surface area contributed by atoms with Crippen LogP contribution in [0.15, 0.2) is 0 Å². The van der Waals surface area contributed by atoms with Crippen LogP contribution in [-0.2, 0) is 15.3 Å². The normalized spacial score (nSPS) is 16.4. The van der Waals surface area contributed by atoms with E-state index >= 15 is 0 Å². The number of hydrogen-bond donors (Lipinski definition) is 1. The van der Waals surface area contributed by atoms with E-state index in [9.17, 15) is 8.76 Å². The SMILES string of the molecule is CCCCP(CC)(CC)(CCCC)OS(=O)O. The minimum absolute atomic E-state index is 0.925. The predicted octanol–water partition coefficient (Wildman–Crippen LogP) is 4.25. The van der Waals surface area contributed by atoms with Crippen molar-refractivity contribution in [3.63, 3.8) is 0 Å². The molecule has 0 aliphatic rings. The molecule has 0 fully saturated rings. The maximum absolute atomic E-state index is 11.2. The third-order valence-electron chi connectivity index (χ3n) is 4.03. The van der Waals surface area contributed by atoms with Gasteiger partial charge in [-0.3, -0.25) is 0 Å². The van der Waals surface area contributed by atoms with E-state index in [4.69, 9.17) is 3.97 Å². The predicted molar refractivity (Wildman–Crippen MR) is 79.4 cm³/mol. The standard InChI is InChI=1S/C12H29O3PS/c1-5-9-11-16(7-3,8-4,12-10-6-2)15-17(13)14/h5-12H2,1-4H3,(H,13,14). The van der Waals surface area contributed by atoms with Crippen LogP contribution in [0.2, 0.25) is 0 Å². The third-order valence-corrected chi connectivity index (χ3v) is 12.3.